The highest BCUT2D eigenvalue weighted by atomic mass is 16.5. The Morgan fingerprint density at radius 2 is 2.11 bits per heavy atom. The molecule has 5 nitrogen and oxygen atoms in total. The molecule has 0 aromatic carbocycles. The summed E-state index contributed by atoms with van der Waals surface area (Å²) in [4.78, 5) is 25.9. The van der Waals surface area contributed by atoms with Crippen molar-refractivity contribution in [2.45, 2.75) is 52.0 Å². The fourth-order valence-corrected chi connectivity index (χ4v) is 2.47. The lowest BCUT2D eigenvalue weighted by atomic mass is 9.98. The van der Waals surface area contributed by atoms with E-state index >= 15 is 0 Å². The maximum Gasteiger partial charge on any atom is 0.328 e. The summed E-state index contributed by atoms with van der Waals surface area (Å²) >= 11 is 0. The maximum atomic E-state index is 12.3. The van der Waals surface area contributed by atoms with Gasteiger partial charge in [0.05, 0.1) is 6.61 Å². The second-order valence-electron chi connectivity index (χ2n) is 5.06. The fraction of sp³-hybridized carbons (Fsp3) is 0.857. The number of ether oxygens (including phenoxy) is 1. The molecule has 0 radical (unpaired) electrons. The Balaban J connectivity index is 2.65. The van der Waals surface area contributed by atoms with Gasteiger partial charge in [0.1, 0.15) is 6.04 Å². The summed E-state index contributed by atoms with van der Waals surface area (Å²) in [5, 5.41) is 0. The van der Waals surface area contributed by atoms with Gasteiger partial charge in [0.2, 0.25) is 5.91 Å². The molecule has 2 unspecified atom stereocenters. The van der Waals surface area contributed by atoms with E-state index in [9.17, 15) is 9.59 Å². The van der Waals surface area contributed by atoms with Gasteiger partial charge in [-0.1, -0.05) is 13.3 Å². The molecule has 1 aliphatic heterocycles. The average molecular weight is 270 g/mol. The third kappa shape index (κ3) is 4.49. The van der Waals surface area contributed by atoms with Crippen molar-refractivity contribution >= 4 is 11.9 Å². The summed E-state index contributed by atoms with van der Waals surface area (Å²) in [6, 6.07) is -0.392. The number of hydrogen-bond acceptors (Lipinski definition) is 4. The van der Waals surface area contributed by atoms with E-state index < -0.39 is 6.04 Å². The highest BCUT2D eigenvalue weighted by Crippen LogP contribution is 2.21. The summed E-state index contributed by atoms with van der Waals surface area (Å²) in [5.41, 5.74) is 5.64. The predicted octanol–water partition coefficient (Wildman–Crippen LogP) is 1.31. The minimum Gasteiger partial charge on any atom is -0.464 e. The summed E-state index contributed by atoms with van der Waals surface area (Å²) in [6.07, 6.45) is 3.97. The molecular formula is C14H26N2O3. The van der Waals surface area contributed by atoms with Crippen LogP contribution in [-0.4, -0.2) is 42.5 Å². The molecule has 2 N–H and O–H groups in total. The minimum atomic E-state index is -0.392. The lowest BCUT2D eigenvalue weighted by Crippen LogP contribution is -2.49. The van der Waals surface area contributed by atoms with Gasteiger partial charge < -0.3 is 15.4 Å². The number of amides is 1. The molecule has 19 heavy (non-hydrogen) atoms. The van der Waals surface area contributed by atoms with Gasteiger partial charge in [0.25, 0.3) is 0 Å². The molecule has 1 fully saturated rings. The molecular weight excluding hydrogens is 244 g/mol. The molecule has 0 aromatic heterocycles. The molecule has 0 spiro atoms. The lowest BCUT2D eigenvalue weighted by molar-refractivity contribution is -0.157. The van der Waals surface area contributed by atoms with Crippen molar-refractivity contribution in [3.05, 3.63) is 0 Å². The van der Waals surface area contributed by atoms with Crippen molar-refractivity contribution < 1.29 is 14.3 Å². The number of piperidine rings is 1. The van der Waals surface area contributed by atoms with E-state index in [-0.39, 0.29) is 17.8 Å². The highest BCUT2D eigenvalue weighted by molar-refractivity contribution is 5.84. The predicted molar refractivity (Wildman–Crippen MR) is 73.4 cm³/mol. The van der Waals surface area contributed by atoms with Crippen molar-refractivity contribution in [3.8, 4) is 0 Å². The van der Waals surface area contributed by atoms with Crippen molar-refractivity contribution in [1.82, 2.24) is 4.90 Å². The summed E-state index contributed by atoms with van der Waals surface area (Å²) in [5.74, 6) is -0.0244. The molecule has 1 heterocycles. The second-order valence-corrected chi connectivity index (χ2v) is 5.06. The fourth-order valence-electron chi connectivity index (χ4n) is 2.47. The van der Waals surface area contributed by atoms with Crippen LogP contribution >= 0.6 is 0 Å². The molecule has 1 aliphatic rings. The van der Waals surface area contributed by atoms with E-state index in [1.54, 1.807) is 11.8 Å². The Morgan fingerprint density at radius 3 is 2.68 bits per heavy atom. The van der Waals surface area contributed by atoms with E-state index in [4.69, 9.17) is 10.5 Å². The smallest absolute Gasteiger partial charge is 0.328 e. The van der Waals surface area contributed by atoms with Crippen molar-refractivity contribution in [2.75, 3.05) is 19.7 Å². The van der Waals surface area contributed by atoms with Crippen LogP contribution in [0.3, 0.4) is 0 Å². The number of nitrogens with two attached hydrogens (primary N) is 1. The molecule has 110 valence electrons. The SMILES string of the molecule is CCOC(=O)C1CCCCN1C(=O)CC(CC)CN. The summed E-state index contributed by atoms with van der Waals surface area (Å²) in [6.45, 7) is 5.35. The zero-order chi connectivity index (χ0) is 14.3. The first kappa shape index (κ1) is 16.0. The van der Waals surface area contributed by atoms with E-state index in [1.165, 1.54) is 0 Å². The van der Waals surface area contributed by atoms with Crippen LogP contribution in [0.1, 0.15) is 46.0 Å². The third-order valence-corrected chi connectivity index (χ3v) is 3.76. The number of carbonyl (C=O) groups is 2. The van der Waals surface area contributed by atoms with Crippen LogP contribution in [0.25, 0.3) is 0 Å². The molecule has 1 amide bonds. The first-order chi connectivity index (χ1) is 9.13. The molecule has 1 saturated heterocycles. The van der Waals surface area contributed by atoms with Crippen LogP contribution in [0.15, 0.2) is 0 Å². The van der Waals surface area contributed by atoms with Crippen LogP contribution < -0.4 is 5.73 Å². The second kappa shape index (κ2) is 8.15. The van der Waals surface area contributed by atoms with Crippen LogP contribution in [0.5, 0.6) is 0 Å². The normalized spacial score (nSPS) is 21.0. The Hall–Kier alpha value is -1.10. The quantitative estimate of drug-likeness (QED) is 0.738. The molecule has 1 rings (SSSR count). The topological polar surface area (TPSA) is 72.6 Å². The van der Waals surface area contributed by atoms with Gasteiger partial charge in [0.15, 0.2) is 0 Å². The maximum absolute atomic E-state index is 12.3. The number of nitrogens with zero attached hydrogens (tertiary/aromatic N) is 1. The van der Waals surface area contributed by atoms with Crippen molar-refractivity contribution in [3.63, 3.8) is 0 Å². The first-order valence-electron chi connectivity index (χ1n) is 7.30. The Kier molecular flexibility index (Phi) is 6.84. The van der Waals surface area contributed by atoms with Gasteiger partial charge in [0, 0.05) is 13.0 Å². The molecule has 5 heteroatoms. The minimum absolute atomic E-state index is 0.0371. The molecule has 0 bridgehead atoms. The van der Waals surface area contributed by atoms with Gasteiger partial charge in [-0.15, -0.1) is 0 Å². The van der Waals surface area contributed by atoms with E-state index in [2.05, 4.69) is 0 Å². The molecule has 0 aromatic rings. The van der Waals surface area contributed by atoms with Gasteiger partial charge in [-0.25, -0.2) is 4.79 Å². The zero-order valence-electron chi connectivity index (χ0n) is 12.1. The number of esters is 1. The molecule has 0 saturated carbocycles. The van der Waals surface area contributed by atoms with E-state index in [1.807, 2.05) is 6.92 Å². The van der Waals surface area contributed by atoms with Crippen LogP contribution in [0.2, 0.25) is 0 Å². The number of rotatable bonds is 6. The number of likely N-dealkylation sites (tertiary alicyclic amines) is 1. The third-order valence-electron chi connectivity index (χ3n) is 3.76. The lowest BCUT2D eigenvalue weighted by Gasteiger charge is -2.34. The van der Waals surface area contributed by atoms with E-state index in [0.717, 1.165) is 19.3 Å². The van der Waals surface area contributed by atoms with Crippen LogP contribution in [-0.2, 0) is 14.3 Å². The summed E-state index contributed by atoms with van der Waals surface area (Å²) < 4.78 is 5.06. The van der Waals surface area contributed by atoms with Crippen LogP contribution in [0, 0.1) is 5.92 Å². The average Bonchev–Trinajstić information content (AvgIpc) is 2.44. The Bertz CT molecular complexity index is 303. The Morgan fingerprint density at radius 1 is 1.37 bits per heavy atom. The monoisotopic (exact) mass is 270 g/mol. The van der Waals surface area contributed by atoms with Gasteiger partial charge >= 0.3 is 5.97 Å². The molecule has 0 aliphatic carbocycles. The van der Waals surface area contributed by atoms with Crippen molar-refractivity contribution in [2.24, 2.45) is 11.7 Å². The summed E-state index contributed by atoms with van der Waals surface area (Å²) in [7, 11) is 0. The van der Waals surface area contributed by atoms with Crippen LogP contribution in [0.4, 0.5) is 0 Å². The standard InChI is InChI=1S/C14H26N2O3/c1-3-11(10-15)9-13(17)16-8-6-5-7-12(16)14(18)19-4-2/h11-12H,3-10,15H2,1-2H3. The van der Waals surface area contributed by atoms with Gasteiger partial charge in [-0.3, -0.25) is 4.79 Å². The Labute approximate surface area is 115 Å². The van der Waals surface area contributed by atoms with Gasteiger partial charge in [-0.05, 0) is 38.6 Å². The number of hydrogen-bond donors (Lipinski definition) is 1. The van der Waals surface area contributed by atoms with Crippen molar-refractivity contribution in [1.29, 1.82) is 0 Å². The van der Waals surface area contributed by atoms with E-state index in [0.29, 0.717) is 32.5 Å². The largest absolute Gasteiger partial charge is 0.464 e. The highest BCUT2D eigenvalue weighted by Gasteiger charge is 2.33. The zero-order valence-corrected chi connectivity index (χ0v) is 12.1. The van der Waals surface area contributed by atoms with Gasteiger partial charge in [-0.2, -0.15) is 0 Å². The first-order valence-corrected chi connectivity index (χ1v) is 7.30. The molecule has 2 atom stereocenters. The number of carbonyl (C=O) groups excluding carboxylic acids is 2.